The number of hydrogen-bond acceptors (Lipinski definition) is 5. The molecule has 1 aromatic rings. The number of nitrogens with two attached hydrogens (primary N) is 1. The summed E-state index contributed by atoms with van der Waals surface area (Å²) >= 11 is 0. The van der Waals surface area contributed by atoms with E-state index in [0.29, 0.717) is 43.1 Å². The van der Waals surface area contributed by atoms with Gasteiger partial charge >= 0.3 is 0 Å². The molecular weight excluding hydrogens is 334 g/mol. The van der Waals surface area contributed by atoms with Crippen LogP contribution >= 0.6 is 0 Å². The molecule has 7 heteroatoms. The van der Waals surface area contributed by atoms with Crippen molar-refractivity contribution in [1.82, 2.24) is 4.90 Å². The first-order valence-electron chi connectivity index (χ1n) is 9.24. The van der Waals surface area contributed by atoms with Crippen LogP contribution < -0.4 is 20.5 Å². The molecule has 0 bridgehead atoms. The van der Waals surface area contributed by atoms with Gasteiger partial charge in [-0.25, -0.2) is 0 Å². The summed E-state index contributed by atoms with van der Waals surface area (Å²) in [5, 5.41) is 2.93. The SMILES string of the molecule is CCC(C)C(N)C(=O)N1CCC(C(=O)Nc2ccc3c(c2)OCO3)CC1. The van der Waals surface area contributed by atoms with Crippen molar-refractivity contribution < 1.29 is 19.1 Å². The fraction of sp³-hybridized carbons (Fsp3) is 0.579. The summed E-state index contributed by atoms with van der Waals surface area (Å²) in [6, 6.07) is 4.90. The second-order valence-electron chi connectivity index (χ2n) is 7.07. The van der Waals surface area contributed by atoms with Gasteiger partial charge in [0.1, 0.15) is 0 Å². The summed E-state index contributed by atoms with van der Waals surface area (Å²) < 4.78 is 10.6. The maximum absolute atomic E-state index is 12.5. The second kappa shape index (κ2) is 7.95. The minimum atomic E-state index is -0.459. The Morgan fingerprint density at radius 2 is 1.96 bits per heavy atom. The number of amides is 2. The van der Waals surface area contributed by atoms with Gasteiger partial charge in [-0.1, -0.05) is 20.3 Å². The molecular formula is C19H27N3O4. The average Bonchev–Trinajstić information content (AvgIpc) is 3.14. The number of nitrogens with one attached hydrogen (secondary N) is 1. The molecule has 0 aliphatic carbocycles. The van der Waals surface area contributed by atoms with Crippen LogP contribution in [-0.4, -0.2) is 42.6 Å². The van der Waals surface area contributed by atoms with Crippen molar-refractivity contribution in [2.45, 2.75) is 39.2 Å². The van der Waals surface area contributed by atoms with E-state index < -0.39 is 6.04 Å². The Bertz CT molecular complexity index is 671. The summed E-state index contributed by atoms with van der Waals surface area (Å²) in [7, 11) is 0. The molecule has 2 heterocycles. The average molecular weight is 361 g/mol. The molecule has 7 nitrogen and oxygen atoms in total. The Morgan fingerprint density at radius 3 is 2.65 bits per heavy atom. The van der Waals surface area contributed by atoms with Gasteiger partial charge in [0.15, 0.2) is 11.5 Å². The van der Waals surface area contributed by atoms with Gasteiger partial charge in [-0.3, -0.25) is 9.59 Å². The first-order chi connectivity index (χ1) is 12.5. The number of carbonyl (C=O) groups excluding carboxylic acids is 2. The first kappa shape index (κ1) is 18.5. The number of benzene rings is 1. The summed E-state index contributed by atoms with van der Waals surface area (Å²) in [5.41, 5.74) is 6.74. The smallest absolute Gasteiger partial charge is 0.239 e. The fourth-order valence-electron chi connectivity index (χ4n) is 3.29. The zero-order chi connectivity index (χ0) is 18.7. The number of hydrogen-bond donors (Lipinski definition) is 2. The van der Waals surface area contributed by atoms with E-state index in [1.165, 1.54) is 0 Å². The predicted octanol–water partition coefficient (Wildman–Crippen LogP) is 1.97. The number of ether oxygens (including phenoxy) is 2. The van der Waals surface area contributed by atoms with Crippen LogP contribution in [0.1, 0.15) is 33.1 Å². The van der Waals surface area contributed by atoms with Crippen LogP contribution in [0.15, 0.2) is 18.2 Å². The lowest BCUT2D eigenvalue weighted by molar-refractivity contribution is -0.136. The van der Waals surface area contributed by atoms with Gasteiger partial charge in [-0.05, 0) is 30.9 Å². The highest BCUT2D eigenvalue weighted by molar-refractivity contribution is 5.93. The molecule has 1 aromatic carbocycles. The maximum Gasteiger partial charge on any atom is 0.239 e. The van der Waals surface area contributed by atoms with E-state index in [1.807, 2.05) is 13.8 Å². The molecule has 26 heavy (non-hydrogen) atoms. The van der Waals surface area contributed by atoms with Gasteiger partial charge < -0.3 is 25.4 Å². The standard InChI is InChI=1S/C19H27N3O4/c1-3-12(2)17(20)19(24)22-8-6-13(7-9-22)18(23)21-14-4-5-15-16(10-14)26-11-25-15/h4-5,10,12-13,17H,3,6-9,11,20H2,1-2H3,(H,21,23). The largest absolute Gasteiger partial charge is 0.454 e. The van der Waals surface area contributed by atoms with Gasteiger partial charge in [-0.2, -0.15) is 0 Å². The van der Waals surface area contributed by atoms with Crippen LogP contribution in [-0.2, 0) is 9.59 Å². The lowest BCUT2D eigenvalue weighted by Crippen LogP contribution is -2.50. The number of rotatable bonds is 5. The number of fused-ring (bicyclic) bond motifs is 1. The normalized spacial score (nSPS) is 19.1. The van der Waals surface area contributed by atoms with E-state index in [4.69, 9.17) is 15.2 Å². The fourth-order valence-corrected chi connectivity index (χ4v) is 3.29. The second-order valence-corrected chi connectivity index (χ2v) is 7.07. The third-order valence-corrected chi connectivity index (χ3v) is 5.36. The lowest BCUT2D eigenvalue weighted by Gasteiger charge is -2.34. The Morgan fingerprint density at radius 1 is 1.27 bits per heavy atom. The van der Waals surface area contributed by atoms with E-state index in [0.717, 1.165) is 6.42 Å². The molecule has 142 valence electrons. The van der Waals surface area contributed by atoms with E-state index in [9.17, 15) is 9.59 Å². The highest BCUT2D eigenvalue weighted by Gasteiger charge is 2.31. The first-order valence-corrected chi connectivity index (χ1v) is 9.24. The summed E-state index contributed by atoms with van der Waals surface area (Å²) in [6.45, 7) is 5.38. The zero-order valence-electron chi connectivity index (χ0n) is 15.4. The van der Waals surface area contributed by atoms with E-state index in [2.05, 4.69) is 5.32 Å². The molecule has 2 unspecified atom stereocenters. The monoisotopic (exact) mass is 361 g/mol. The Balaban J connectivity index is 1.51. The van der Waals surface area contributed by atoms with Gasteiger partial charge in [0.25, 0.3) is 0 Å². The van der Waals surface area contributed by atoms with Gasteiger partial charge in [0.2, 0.25) is 18.6 Å². The lowest BCUT2D eigenvalue weighted by atomic mass is 9.93. The highest BCUT2D eigenvalue weighted by atomic mass is 16.7. The summed E-state index contributed by atoms with van der Waals surface area (Å²) in [6.07, 6.45) is 2.17. The molecule has 2 aliphatic heterocycles. The molecule has 3 N–H and O–H groups in total. The zero-order valence-corrected chi connectivity index (χ0v) is 15.4. The van der Waals surface area contributed by atoms with Gasteiger partial charge in [0, 0.05) is 30.8 Å². The third-order valence-electron chi connectivity index (χ3n) is 5.36. The molecule has 0 aromatic heterocycles. The van der Waals surface area contributed by atoms with Crippen molar-refractivity contribution in [2.75, 3.05) is 25.2 Å². The van der Waals surface area contributed by atoms with Crippen LogP contribution in [0.2, 0.25) is 0 Å². The van der Waals surface area contributed by atoms with Gasteiger partial charge in [-0.15, -0.1) is 0 Å². The van der Waals surface area contributed by atoms with E-state index in [1.54, 1.807) is 23.1 Å². The van der Waals surface area contributed by atoms with Crippen molar-refractivity contribution in [3.63, 3.8) is 0 Å². The Hall–Kier alpha value is -2.28. The third kappa shape index (κ3) is 3.93. The van der Waals surface area contributed by atoms with E-state index in [-0.39, 0.29) is 30.4 Å². The number of carbonyl (C=O) groups is 2. The van der Waals surface area contributed by atoms with Crippen molar-refractivity contribution >= 4 is 17.5 Å². The molecule has 3 rings (SSSR count). The number of anilines is 1. The van der Waals surface area contributed by atoms with Crippen molar-refractivity contribution in [1.29, 1.82) is 0 Å². The number of piperidine rings is 1. The van der Waals surface area contributed by atoms with Gasteiger partial charge in [0.05, 0.1) is 6.04 Å². The number of likely N-dealkylation sites (tertiary alicyclic amines) is 1. The molecule has 1 saturated heterocycles. The number of nitrogens with zero attached hydrogens (tertiary/aromatic N) is 1. The minimum absolute atomic E-state index is 0.00557. The van der Waals surface area contributed by atoms with Crippen LogP contribution in [0.5, 0.6) is 11.5 Å². The molecule has 2 amide bonds. The predicted molar refractivity (Wildman–Crippen MR) is 97.9 cm³/mol. The summed E-state index contributed by atoms with van der Waals surface area (Å²) in [4.78, 5) is 26.8. The molecule has 2 aliphatic rings. The molecule has 1 fully saturated rings. The molecule has 0 radical (unpaired) electrons. The molecule has 0 spiro atoms. The van der Waals surface area contributed by atoms with Crippen LogP contribution in [0.25, 0.3) is 0 Å². The van der Waals surface area contributed by atoms with Crippen molar-refractivity contribution in [2.24, 2.45) is 17.6 Å². The topological polar surface area (TPSA) is 93.9 Å². The highest BCUT2D eigenvalue weighted by Crippen LogP contribution is 2.34. The van der Waals surface area contributed by atoms with Crippen LogP contribution in [0.4, 0.5) is 5.69 Å². The Labute approximate surface area is 153 Å². The minimum Gasteiger partial charge on any atom is -0.454 e. The molecule has 0 saturated carbocycles. The summed E-state index contributed by atoms with van der Waals surface area (Å²) in [5.74, 6) is 1.35. The Kier molecular flexibility index (Phi) is 5.66. The molecule has 2 atom stereocenters. The van der Waals surface area contributed by atoms with Crippen molar-refractivity contribution in [3.05, 3.63) is 18.2 Å². The van der Waals surface area contributed by atoms with E-state index >= 15 is 0 Å². The van der Waals surface area contributed by atoms with Crippen molar-refractivity contribution in [3.8, 4) is 11.5 Å². The maximum atomic E-state index is 12.5. The van der Waals surface area contributed by atoms with Crippen LogP contribution in [0, 0.1) is 11.8 Å². The quantitative estimate of drug-likeness (QED) is 0.836. The van der Waals surface area contributed by atoms with Crippen LogP contribution in [0.3, 0.4) is 0 Å².